The lowest BCUT2D eigenvalue weighted by atomic mass is 10.1. The highest BCUT2D eigenvalue weighted by molar-refractivity contribution is 5.95. The number of carbonyl (C=O) groups excluding carboxylic acids is 2. The Morgan fingerprint density at radius 3 is 2.65 bits per heavy atom. The predicted octanol–water partition coefficient (Wildman–Crippen LogP) is 2.39. The Hall–Kier alpha value is -2.66. The van der Waals surface area contributed by atoms with Crippen molar-refractivity contribution in [1.29, 1.82) is 0 Å². The second-order valence-electron chi connectivity index (χ2n) is 6.67. The molecule has 1 unspecified atom stereocenters. The van der Waals surface area contributed by atoms with E-state index in [1.54, 1.807) is 4.90 Å². The summed E-state index contributed by atoms with van der Waals surface area (Å²) >= 11 is 0. The summed E-state index contributed by atoms with van der Waals surface area (Å²) in [6.45, 7) is 4.94. The summed E-state index contributed by atoms with van der Waals surface area (Å²) < 4.78 is 5.59. The molecule has 136 valence electrons. The second-order valence-corrected chi connectivity index (χ2v) is 6.67. The van der Waals surface area contributed by atoms with Gasteiger partial charge in [-0.3, -0.25) is 9.59 Å². The van der Waals surface area contributed by atoms with Crippen LogP contribution in [0.15, 0.2) is 48.5 Å². The first kappa shape index (κ1) is 18.1. The standard InChI is InChI=1S/C21H24N2O3/c1-15-8-9-18(10-16(15)2)23-13-19(26-14-21(23)25)12-22-20(24)11-17-6-4-3-5-7-17/h3-10,19H,11-14H2,1-2H3,(H,22,24). The Labute approximate surface area is 154 Å². The van der Waals surface area contributed by atoms with Crippen molar-refractivity contribution in [3.05, 3.63) is 65.2 Å². The molecule has 1 atom stereocenters. The predicted molar refractivity (Wildman–Crippen MR) is 101 cm³/mol. The lowest BCUT2D eigenvalue weighted by molar-refractivity contribution is -0.129. The minimum atomic E-state index is -0.214. The largest absolute Gasteiger partial charge is 0.365 e. The van der Waals surface area contributed by atoms with Gasteiger partial charge in [0.15, 0.2) is 0 Å². The smallest absolute Gasteiger partial charge is 0.253 e. The molecule has 0 aliphatic carbocycles. The number of morpholine rings is 1. The van der Waals surface area contributed by atoms with Crippen LogP contribution in [0.25, 0.3) is 0 Å². The number of ether oxygens (including phenoxy) is 1. The van der Waals surface area contributed by atoms with Crippen molar-refractivity contribution in [3.8, 4) is 0 Å². The maximum Gasteiger partial charge on any atom is 0.253 e. The highest BCUT2D eigenvalue weighted by atomic mass is 16.5. The van der Waals surface area contributed by atoms with E-state index in [1.165, 1.54) is 5.56 Å². The summed E-state index contributed by atoms with van der Waals surface area (Å²) in [4.78, 5) is 26.1. The molecule has 1 saturated heterocycles. The van der Waals surface area contributed by atoms with Crippen LogP contribution in [0.5, 0.6) is 0 Å². The van der Waals surface area contributed by atoms with Gasteiger partial charge in [0, 0.05) is 12.2 Å². The summed E-state index contributed by atoms with van der Waals surface area (Å²) in [5.74, 6) is -0.102. The van der Waals surface area contributed by atoms with Crippen LogP contribution >= 0.6 is 0 Å². The fourth-order valence-electron chi connectivity index (χ4n) is 2.96. The van der Waals surface area contributed by atoms with E-state index in [9.17, 15) is 9.59 Å². The minimum absolute atomic E-state index is 0.0339. The maximum absolute atomic E-state index is 12.2. The van der Waals surface area contributed by atoms with Gasteiger partial charge in [0.05, 0.1) is 19.1 Å². The van der Waals surface area contributed by atoms with Gasteiger partial charge in [-0.05, 0) is 42.7 Å². The zero-order valence-corrected chi connectivity index (χ0v) is 15.2. The molecule has 0 saturated carbocycles. The van der Waals surface area contributed by atoms with Gasteiger partial charge in [-0.1, -0.05) is 36.4 Å². The molecule has 0 aromatic heterocycles. The highest BCUT2D eigenvalue weighted by Crippen LogP contribution is 2.21. The number of benzene rings is 2. The van der Waals surface area contributed by atoms with Gasteiger partial charge in [-0.25, -0.2) is 0 Å². The number of hydrogen-bond acceptors (Lipinski definition) is 3. The molecule has 3 rings (SSSR count). The van der Waals surface area contributed by atoms with E-state index < -0.39 is 0 Å². The number of anilines is 1. The molecule has 5 nitrogen and oxygen atoms in total. The van der Waals surface area contributed by atoms with Crippen LogP contribution < -0.4 is 10.2 Å². The molecular weight excluding hydrogens is 328 g/mol. The molecule has 1 heterocycles. The third kappa shape index (κ3) is 4.49. The molecule has 26 heavy (non-hydrogen) atoms. The highest BCUT2D eigenvalue weighted by Gasteiger charge is 2.27. The van der Waals surface area contributed by atoms with Gasteiger partial charge in [0.2, 0.25) is 5.91 Å². The molecule has 1 N–H and O–H groups in total. The Morgan fingerprint density at radius 1 is 1.15 bits per heavy atom. The molecule has 1 fully saturated rings. The molecule has 0 spiro atoms. The number of rotatable bonds is 5. The van der Waals surface area contributed by atoms with Crippen molar-refractivity contribution in [3.63, 3.8) is 0 Å². The third-order valence-corrected chi connectivity index (χ3v) is 4.67. The lowest BCUT2D eigenvalue weighted by Crippen LogP contribution is -2.50. The Kier molecular flexibility index (Phi) is 5.68. The topological polar surface area (TPSA) is 58.6 Å². The van der Waals surface area contributed by atoms with Crippen LogP contribution in [0, 0.1) is 13.8 Å². The van der Waals surface area contributed by atoms with Crippen LogP contribution in [0.4, 0.5) is 5.69 Å². The zero-order chi connectivity index (χ0) is 18.5. The number of carbonyl (C=O) groups is 2. The van der Waals surface area contributed by atoms with E-state index in [0.29, 0.717) is 19.5 Å². The van der Waals surface area contributed by atoms with E-state index in [-0.39, 0.29) is 24.5 Å². The van der Waals surface area contributed by atoms with Crippen LogP contribution in [0.2, 0.25) is 0 Å². The average Bonchev–Trinajstić information content (AvgIpc) is 2.64. The van der Waals surface area contributed by atoms with E-state index in [2.05, 4.69) is 5.32 Å². The van der Waals surface area contributed by atoms with E-state index in [4.69, 9.17) is 4.74 Å². The molecule has 1 aliphatic heterocycles. The normalized spacial score (nSPS) is 17.2. The first-order valence-corrected chi connectivity index (χ1v) is 8.83. The van der Waals surface area contributed by atoms with Gasteiger partial charge >= 0.3 is 0 Å². The van der Waals surface area contributed by atoms with Gasteiger partial charge in [-0.2, -0.15) is 0 Å². The molecule has 0 bridgehead atoms. The SMILES string of the molecule is Cc1ccc(N2CC(CNC(=O)Cc3ccccc3)OCC2=O)cc1C. The van der Waals surface area contributed by atoms with Crippen molar-refractivity contribution in [2.75, 3.05) is 24.6 Å². The number of amides is 2. The Balaban J connectivity index is 1.57. The fraction of sp³-hybridized carbons (Fsp3) is 0.333. The molecule has 2 aromatic carbocycles. The first-order valence-electron chi connectivity index (χ1n) is 8.83. The summed E-state index contributed by atoms with van der Waals surface area (Å²) in [6.07, 6.45) is 0.127. The number of nitrogens with zero attached hydrogens (tertiary/aromatic N) is 1. The van der Waals surface area contributed by atoms with Gasteiger partial charge < -0.3 is 15.0 Å². The molecule has 2 amide bonds. The minimum Gasteiger partial charge on any atom is -0.365 e. The zero-order valence-electron chi connectivity index (χ0n) is 15.2. The third-order valence-electron chi connectivity index (χ3n) is 4.67. The molecule has 1 aliphatic rings. The summed E-state index contributed by atoms with van der Waals surface area (Å²) in [5.41, 5.74) is 4.19. The summed E-state index contributed by atoms with van der Waals surface area (Å²) in [6, 6.07) is 15.6. The van der Waals surface area contributed by atoms with Crippen LogP contribution in [0.1, 0.15) is 16.7 Å². The molecule has 5 heteroatoms. The number of aryl methyl sites for hydroxylation is 2. The van der Waals surface area contributed by atoms with E-state index in [1.807, 2.05) is 62.4 Å². The van der Waals surface area contributed by atoms with Crippen molar-refractivity contribution < 1.29 is 14.3 Å². The molecule has 0 radical (unpaired) electrons. The van der Waals surface area contributed by atoms with Crippen molar-refractivity contribution in [2.24, 2.45) is 0 Å². The Bertz CT molecular complexity index is 789. The molecule has 2 aromatic rings. The summed E-state index contributed by atoms with van der Waals surface area (Å²) in [7, 11) is 0. The Morgan fingerprint density at radius 2 is 1.92 bits per heavy atom. The summed E-state index contributed by atoms with van der Waals surface area (Å²) in [5, 5.41) is 2.91. The first-order chi connectivity index (χ1) is 12.5. The average molecular weight is 352 g/mol. The number of nitrogens with one attached hydrogen (secondary N) is 1. The van der Waals surface area contributed by atoms with E-state index in [0.717, 1.165) is 16.8 Å². The number of hydrogen-bond donors (Lipinski definition) is 1. The lowest BCUT2D eigenvalue weighted by Gasteiger charge is -2.33. The van der Waals surface area contributed by atoms with Crippen LogP contribution in [-0.2, 0) is 20.7 Å². The van der Waals surface area contributed by atoms with Crippen LogP contribution in [0.3, 0.4) is 0 Å². The van der Waals surface area contributed by atoms with Crippen LogP contribution in [-0.4, -0.2) is 37.6 Å². The second kappa shape index (κ2) is 8.15. The molecular formula is C21H24N2O3. The van der Waals surface area contributed by atoms with Crippen molar-refractivity contribution in [2.45, 2.75) is 26.4 Å². The van der Waals surface area contributed by atoms with E-state index >= 15 is 0 Å². The quantitative estimate of drug-likeness (QED) is 0.899. The van der Waals surface area contributed by atoms with Crippen molar-refractivity contribution in [1.82, 2.24) is 5.32 Å². The monoisotopic (exact) mass is 352 g/mol. The van der Waals surface area contributed by atoms with Gasteiger partial charge in [0.25, 0.3) is 5.91 Å². The van der Waals surface area contributed by atoms with Gasteiger partial charge in [-0.15, -0.1) is 0 Å². The van der Waals surface area contributed by atoms with Crippen molar-refractivity contribution >= 4 is 17.5 Å². The fourth-order valence-corrected chi connectivity index (χ4v) is 2.96. The van der Waals surface area contributed by atoms with Gasteiger partial charge in [0.1, 0.15) is 6.61 Å². The maximum atomic E-state index is 12.2.